The first kappa shape index (κ1) is 13.5. The maximum Gasteiger partial charge on any atom is 0.247 e. The molecular weight excluding hydrogens is 234 g/mol. The van der Waals surface area contributed by atoms with Crippen LogP contribution in [0.4, 0.5) is 0 Å². The molecule has 0 spiro atoms. The van der Waals surface area contributed by atoms with Gasteiger partial charge in [0, 0.05) is 17.1 Å². The van der Waals surface area contributed by atoms with Gasteiger partial charge in [0.1, 0.15) is 0 Å². The van der Waals surface area contributed by atoms with Gasteiger partial charge >= 0.3 is 0 Å². The minimum Gasteiger partial charge on any atom is -0.349 e. The molecule has 0 bridgehead atoms. The number of rotatable bonds is 4. The van der Waals surface area contributed by atoms with Gasteiger partial charge in [-0.3, -0.25) is 4.79 Å². The number of hydrogen-bond donors (Lipinski definition) is 1. The molecule has 0 atom stereocenters. The van der Waals surface area contributed by atoms with Crippen LogP contribution in [-0.2, 0) is 4.79 Å². The second-order valence-corrected chi connectivity index (χ2v) is 4.19. The lowest BCUT2D eigenvalue weighted by Crippen LogP contribution is -2.24. The Morgan fingerprint density at radius 1 is 1.35 bits per heavy atom. The molecule has 90 valence electrons. The van der Waals surface area contributed by atoms with Crippen molar-refractivity contribution in [1.82, 2.24) is 5.32 Å². The SMILES string of the molecule is C=CCNC(=O)/C(C)=C(\C)c1ccc(Cl)cc1. The van der Waals surface area contributed by atoms with Crippen molar-refractivity contribution in [1.29, 1.82) is 0 Å². The molecule has 0 aliphatic carbocycles. The van der Waals surface area contributed by atoms with Crippen molar-refractivity contribution in [2.24, 2.45) is 0 Å². The van der Waals surface area contributed by atoms with Crippen LogP contribution in [0, 0.1) is 0 Å². The van der Waals surface area contributed by atoms with E-state index in [-0.39, 0.29) is 5.91 Å². The van der Waals surface area contributed by atoms with Crippen LogP contribution in [0.25, 0.3) is 5.57 Å². The largest absolute Gasteiger partial charge is 0.349 e. The van der Waals surface area contributed by atoms with Crippen LogP contribution in [0.2, 0.25) is 5.02 Å². The zero-order chi connectivity index (χ0) is 12.8. The number of allylic oxidation sites excluding steroid dienone is 1. The van der Waals surface area contributed by atoms with Crippen molar-refractivity contribution < 1.29 is 4.79 Å². The lowest BCUT2D eigenvalue weighted by atomic mass is 10.0. The third-order valence-electron chi connectivity index (χ3n) is 2.59. The molecule has 1 rings (SSSR count). The minimum absolute atomic E-state index is 0.0719. The van der Waals surface area contributed by atoms with Gasteiger partial charge in [-0.25, -0.2) is 0 Å². The van der Waals surface area contributed by atoms with E-state index in [0.717, 1.165) is 11.1 Å². The van der Waals surface area contributed by atoms with Crippen molar-refractivity contribution in [2.45, 2.75) is 13.8 Å². The highest BCUT2D eigenvalue weighted by Gasteiger charge is 2.07. The number of hydrogen-bond acceptors (Lipinski definition) is 1. The van der Waals surface area contributed by atoms with E-state index in [0.29, 0.717) is 17.1 Å². The summed E-state index contributed by atoms with van der Waals surface area (Å²) in [7, 11) is 0. The van der Waals surface area contributed by atoms with E-state index in [1.54, 1.807) is 6.08 Å². The number of nitrogens with one attached hydrogen (secondary N) is 1. The first-order valence-electron chi connectivity index (χ1n) is 5.38. The molecule has 1 N–H and O–H groups in total. The summed E-state index contributed by atoms with van der Waals surface area (Å²) in [5.74, 6) is -0.0719. The highest BCUT2D eigenvalue weighted by molar-refractivity contribution is 6.30. The molecule has 0 saturated carbocycles. The van der Waals surface area contributed by atoms with E-state index >= 15 is 0 Å². The van der Waals surface area contributed by atoms with Gasteiger partial charge in [0.05, 0.1) is 0 Å². The van der Waals surface area contributed by atoms with Crippen LogP contribution in [0.3, 0.4) is 0 Å². The third-order valence-corrected chi connectivity index (χ3v) is 2.84. The fraction of sp³-hybridized carbons (Fsp3) is 0.214. The number of carbonyl (C=O) groups is 1. The molecule has 0 heterocycles. The van der Waals surface area contributed by atoms with Gasteiger partial charge in [0.2, 0.25) is 5.91 Å². The van der Waals surface area contributed by atoms with Crippen molar-refractivity contribution in [2.75, 3.05) is 6.54 Å². The van der Waals surface area contributed by atoms with Gasteiger partial charge in [-0.1, -0.05) is 29.8 Å². The highest BCUT2D eigenvalue weighted by Crippen LogP contribution is 2.20. The molecule has 0 unspecified atom stereocenters. The lowest BCUT2D eigenvalue weighted by Gasteiger charge is -2.08. The first-order valence-corrected chi connectivity index (χ1v) is 5.76. The molecule has 3 heteroatoms. The Morgan fingerprint density at radius 2 is 1.94 bits per heavy atom. The maximum absolute atomic E-state index is 11.7. The Morgan fingerprint density at radius 3 is 2.47 bits per heavy atom. The van der Waals surface area contributed by atoms with Crippen LogP contribution < -0.4 is 5.32 Å². The zero-order valence-electron chi connectivity index (χ0n) is 10.1. The van der Waals surface area contributed by atoms with Crippen LogP contribution in [-0.4, -0.2) is 12.5 Å². The van der Waals surface area contributed by atoms with Crippen LogP contribution in [0.15, 0.2) is 42.5 Å². The molecule has 0 saturated heterocycles. The molecule has 1 amide bonds. The van der Waals surface area contributed by atoms with E-state index < -0.39 is 0 Å². The Hall–Kier alpha value is -1.54. The van der Waals surface area contributed by atoms with Crippen molar-refractivity contribution in [3.63, 3.8) is 0 Å². The van der Waals surface area contributed by atoms with E-state index in [9.17, 15) is 4.79 Å². The quantitative estimate of drug-likeness (QED) is 0.643. The molecular formula is C14H16ClNO. The normalized spacial score (nSPS) is 11.7. The summed E-state index contributed by atoms with van der Waals surface area (Å²) in [5, 5.41) is 3.44. The van der Waals surface area contributed by atoms with E-state index in [1.165, 1.54) is 0 Å². The van der Waals surface area contributed by atoms with Gasteiger partial charge in [-0.2, -0.15) is 0 Å². The third kappa shape index (κ3) is 3.75. The number of amides is 1. The molecule has 0 fully saturated rings. The summed E-state index contributed by atoms with van der Waals surface area (Å²) in [6.07, 6.45) is 1.66. The minimum atomic E-state index is -0.0719. The fourth-order valence-corrected chi connectivity index (χ4v) is 1.51. The topological polar surface area (TPSA) is 29.1 Å². The van der Waals surface area contributed by atoms with Gasteiger partial charge < -0.3 is 5.32 Å². The van der Waals surface area contributed by atoms with Gasteiger partial charge in [-0.05, 0) is 37.1 Å². The number of benzene rings is 1. The molecule has 1 aromatic carbocycles. The summed E-state index contributed by atoms with van der Waals surface area (Å²) in [6, 6.07) is 7.44. The summed E-state index contributed by atoms with van der Waals surface area (Å²) < 4.78 is 0. The molecule has 2 nitrogen and oxygen atoms in total. The maximum atomic E-state index is 11.7. The lowest BCUT2D eigenvalue weighted by molar-refractivity contribution is -0.117. The summed E-state index contributed by atoms with van der Waals surface area (Å²) in [4.78, 5) is 11.7. The predicted octanol–water partition coefficient (Wildman–Crippen LogP) is 3.44. The molecule has 17 heavy (non-hydrogen) atoms. The first-order chi connectivity index (χ1) is 8.06. The van der Waals surface area contributed by atoms with Gasteiger partial charge in [-0.15, -0.1) is 6.58 Å². The smallest absolute Gasteiger partial charge is 0.247 e. The summed E-state index contributed by atoms with van der Waals surface area (Å²) in [5.41, 5.74) is 2.65. The molecule has 0 aromatic heterocycles. The average Bonchev–Trinajstić information content (AvgIpc) is 2.35. The van der Waals surface area contributed by atoms with Gasteiger partial charge in [0.25, 0.3) is 0 Å². The molecule has 1 aromatic rings. The Kier molecular flexibility index (Phi) is 4.98. The standard InChI is InChI=1S/C14H16ClNO/c1-4-9-16-14(17)11(3)10(2)12-5-7-13(15)8-6-12/h4-8H,1,9H2,2-3H3,(H,16,17)/b11-10+. The summed E-state index contributed by atoms with van der Waals surface area (Å²) in [6.45, 7) is 7.77. The summed E-state index contributed by atoms with van der Waals surface area (Å²) >= 11 is 5.82. The Bertz CT molecular complexity index is 446. The van der Waals surface area contributed by atoms with E-state index in [1.807, 2.05) is 38.1 Å². The van der Waals surface area contributed by atoms with Crippen molar-refractivity contribution in [3.8, 4) is 0 Å². The average molecular weight is 250 g/mol. The van der Waals surface area contributed by atoms with E-state index in [4.69, 9.17) is 11.6 Å². The fourth-order valence-electron chi connectivity index (χ4n) is 1.38. The Balaban J connectivity index is 2.92. The van der Waals surface area contributed by atoms with Crippen molar-refractivity contribution >= 4 is 23.1 Å². The van der Waals surface area contributed by atoms with Crippen molar-refractivity contribution in [3.05, 3.63) is 53.1 Å². The zero-order valence-corrected chi connectivity index (χ0v) is 10.8. The molecule has 0 aliphatic rings. The molecule has 0 radical (unpaired) electrons. The second kappa shape index (κ2) is 6.26. The highest BCUT2D eigenvalue weighted by atomic mass is 35.5. The number of halogens is 1. The van der Waals surface area contributed by atoms with Gasteiger partial charge in [0.15, 0.2) is 0 Å². The predicted molar refractivity (Wildman–Crippen MR) is 72.9 cm³/mol. The Labute approximate surface area is 107 Å². The second-order valence-electron chi connectivity index (χ2n) is 3.76. The number of carbonyl (C=O) groups excluding carboxylic acids is 1. The van der Waals surface area contributed by atoms with E-state index in [2.05, 4.69) is 11.9 Å². The monoisotopic (exact) mass is 249 g/mol. The van der Waals surface area contributed by atoms with Crippen LogP contribution in [0.5, 0.6) is 0 Å². The van der Waals surface area contributed by atoms with Crippen LogP contribution >= 0.6 is 11.6 Å². The molecule has 0 aliphatic heterocycles. The van der Waals surface area contributed by atoms with Crippen LogP contribution in [0.1, 0.15) is 19.4 Å².